The second-order valence-corrected chi connectivity index (χ2v) is 9.34. The van der Waals surface area contributed by atoms with Crippen molar-refractivity contribution in [1.82, 2.24) is 10.6 Å². The molecule has 0 spiro atoms. The first kappa shape index (κ1) is 27.4. The summed E-state index contributed by atoms with van der Waals surface area (Å²) in [5.74, 6) is -0.128. The van der Waals surface area contributed by atoms with Crippen LogP contribution in [-0.2, 0) is 38.9 Å². The largest absolute Gasteiger partial charge is 1.00 e. The van der Waals surface area contributed by atoms with E-state index in [1.54, 1.807) is 0 Å². The highest BCUT2D eigenvalue weighted by Gasteiger charge is 2.30. The van der Waals surface area contributed by atoms with Crippen molar-refractivity contribution in [1.29, 1.82) is 0 Å². The highest BCUT2D eigenvalue weighted by molar-refractivity contribution is 5.94. The number of halogens is 1. The topological polar surface area (TPSA) is 62.1 Å². The predicted octanol–water partition coefficient (Wildman–Crippen LogP) is 1.53. The summed E-state index contributed by atoms with van der Waals surface area (Å²) in [7, 11) is 0. The van der Waals surface area contributed by atoms with Gasteiger partial charge in [-0.3, -0.25) is 9.59 Å². The Balaban J connectivity index is 0.00000361. The fraction of sp³-hybridized carbons (Fsp3) is 0.367. The van der Waals surface area contributed by atoms with E-state index in [2.05, 4.69) is 42.9 Å². The van der Waals surface area contributed by atoms with Crippen LogP contribution in [0.3, 0.4) is 0 Å². The van der Waals surface area contributed by atoms with E-state index >= 15 is 0 Å². The van der Waals surface area contributed by atoms with Gasteiger partial charge in [-0.25, -0.2) is 0 Å². The molecule has 0 unspecified atom stereocenters. The lowest BCUT2D eigenvalue weighted by Gasteiger charge is -2.16. The van der Waals surface area contributed by atoms with Gasteiger partial charge in [0.15, 0.2) is 11.4 Å². The molecule has 1 aliphatic heterocycles. The van der Waals surface area contributed by atoms with E-state index in [1.165, 1.54) is 28.1 Å². The number of carbonyl (C=O) groups excluding carboxylic acids is 2. The number of hydrogen-bond donors (Lipinski definition) is 2. The van der Waals surface area contributed by atoms with Crippen LogP contribution in [0.2, 0.25) is 0 Å². The van der Waals surface area contributed by atoms with E-state index in [-0.39, 0.29) is 24.2 Å². The second-order valence-electron chi connectivity index (χ2n) is 9.34. The van der Waals surface area contributed by atoms with Gasteiger partial charge in [0, 0.05) is 55.1 Å². The Morgan fingerprint density at radius 1 is 0.778 bits per heavy atom. The molecule has 0 saturated heterocycles. The van der Waals surface area contributed by atoms with E-state index in [9.17, 15) is 9.59 Å². The van der Waals surface area contributed by atoms with Gasteiger partial charge in [-0.05, 0) is 60.7 Å². The average molecular weight is 506 g/mol. The number of hydrogen-bond acceptors (Lipinski definition) is 2. The maximum Gasteiger partial charge on any atom is 0.251 e. The molecule has 3 aromatic rings. The van der Waals surface area contributed by atoms with Gasteiger partial charge in [0.2, 0.25) is 0 Å². The molecule has 0 saturated carbocycles. The highest BCUT2D eigenvalue weighted by atomic mass is 35.5. The molecule has 2 N–H and O–H groups in total. The minimum absolute atomic E-state index is 0. The zero-order chi connectivity index (χ0) is 24.9. The lowest BCUT2D eigenvalue weighted by atomic mass is 9.98. The fourth-order valence-electron chi connectivity index (χ4n) is 5.01. The van der Waals surface area contributed by atoms with E-state index in [4.69, 9.17) is 0 Å². The maximum atomic E-state index is 12.8. The Hall–Kier alpha value is -3.18. The minimum Gasteiger partial charge on any atom is -1.00 e. The number of pyridine rings is 1. The van der Waals surface area contributed by atoms with Crippen LogP contribution >= 0.6 is 0 Å². The zero-order valence-electron chi connectivity index (χ0n) is 21.7. The Morgan fingerprint density at radius 3 is 1.72 bits per heavy atom. The molecule has 36 heavy (non-hydrogen) atoms. The highest BCUT2D eigenvalue weighted by Crippen LogP contribution is 2.23. The number of benzene rings is 2. The van der Waals surface area contributed by atoms with Gasteiger partial charge in [0.05, 0.1) is 0 Å². The summed E-state index contributed by atoms with van der Waals surface area (Å²) in [4.78, 5) is 25.6. The van der Waals surface area contributed by atoms with E-state index in [1.807, 2.05) is 48.5 Å². The van der Waals surface area contributed by atoms with Crippen molar-refractivity contribution in [3.63, 3.8) is 0 Å². The van der Waals surface area contributed by atoms with Crippen LogP contribution in [0.5, 0.6) is 0 Å². The summed E-state index contributed by atoms with van der Waals surface area (Å²) in [5, 5.41) is 6.25. The van der Waals surface area contributed by atoms with Crippen LogP contribution in [-0.4, -0.2) is 11.8 Å². The molecule has 4 rings (SSSR count). The Kier molecular flexibility index (Phi) is 9.27. The van der Waals surface area contributed by atoms with Crippen LogP contribution in [0.4, 0.5) is 0 Å². The third kappa shape index (κ3) is 5.79. The molecule has 0 fully saturated rings. The van der Waals surface area contributed by atoms with Crippen molar-refractivity contribution < 1.29 is 26.6 Å². The average Bonchev–Trinajstić information content (AvgIpc) is 3.38. The Morgan fingerprint density at radius 2 is 1.25 bits per heavy atom. The SMILES string of the molecule is CCc1ccc(C(=O)NCc2c(C)c(CNC(=O)c3ccc(CC)cc3)c3[n+](c2C)CCC3)cc1.[Cl-]. The number of nitrogens with one attached hydrogen (secondary N) is 2. The molecule has 5 nitrogen and oxygen atoms in total. The summed E-state index contributed by atoms with van der Waals surface area (Å²) in [6, 6.07) is 15.6. The summed E-state index contributed by atoms with van der Waals surface area (Å²) in [5.41, 5.74) is 9.74. The van der Waals surface area contributed by atoms with Crippen molar-refractivity contribution in [3.8, 4) is 0 Å². The normalized spacial score (nSPS) is 12.0. The fourth-order valence-corrected chi connectivity index (χ4v) is 5.01. The van der Waals surface area contributed by atoms with Crippen molar-refractivity contribution in [2.75, 3.05) is 0 Å². The van der Waals surface area contributed by atoms with Gasteiger partial charge < -0.3 is 23.0 Å². The number of aryl methyl sites for hydroxylation is 2. The van der Waals surface area contributed by atoms with E-state index in [0.29, 0.717) is 24.2 Å². The third-order valence-corrected chi connectivity index (χ3v) is 7.32. The number of aromatic nitrogens is 1. The quantitative estimate of drug-likeness (QED) is 0.456. The van der Waals surface area contributed by atoms with Crippen LogP contribution < -0.4 is 27.6 Å². The van der Waals surface area contributed by atoms with Gasteiger partial charge in [-0.1, -0.05) is 38.1 Å². The zero-order valence-corrected chi connectivity index (χ0v) is 22.5. The van der Waals surface area contributed by atoms with Crippen molar-refractivity contribution in [2.45, 2.75) is 73.0 Å². The third-order valence-electron chi connectivity index (χ3n) is 7.32. The molecule has 1 aliphatic rings. The van der Waals surface area contributed by atoms with Crippen LogP contribution in [0.15, 0.2) is 48.5 Å². The molecular formula is C30H36ClN3O2. The van der Waals surface area contributed by atoms with Gasteiger partial charge >= 0.3 is 0 Å². The molecule has 2 heterocycles. The molecule has 1 aromatic heterocycles. The molecule has 0 aliphatic carbocycles. The van der Waals surface area contributed by atoms with Crippen LogP contribution in [0, 0.1) is 13.8 Å². The molecule has 0 atom stereocenters. The second kappa shape index (κ2) is 12.2. The smallest absolute Gasteiger partial charge is 0.251 e. The van der Waals surface area contributed by atoms with Gasteiger partial charge in [-0.2, -0.15) is 4.57 Å². The molecule has 6 heteroatoms. The molecule has 0 bridgehead atoms. The lowest BCUT2D eigenvalue weighted by Crippen LogP contribution is -3.00. The van der Waals surface area contributed by atoms with E-state index in [0.717, 1.165) is 43.4 Å². The number of fused-ring (bicyclic) bond motifs is 1. The van der Waals surface area contributed by atoms with Crippen LogP contribution in [0.1, 0.15) is 80.2 Å². The van der Waals surface area contributed by atoms with Gasteiger partial charge in [0.1, 0.15) is 6.54 Å². The van der Waals surface area contributed by atoms with Gasteiger partial charge in [0.25, 0.3) is 11.8 Å². The molecule has 0 radical (unpaired) electrons. The van der Waals surface area contributed by atoms with Crippen molar-refractivity contribution in [2.24, 2.45) is 0 Å². The Bertz CT molecular complexity index is 1230. The predicted molar refractivity (Wildman–Crippen MR) is 138 cm³/mol. The summed E-state index contributed by atoms with van der Waals surface area (Å²) >= 11 is 0. The minimum atomic E-state index is -0.0673. The first-order valence-electron chi connectivity index (χ1n) is 12.7. The molecular weight excluding hydrogens is 470 g/mol. The first-order chi connectivity index (χ1) is 16.9. The Labute approximate surface area is 220 Å². The van der Waals surface area contributed by atoms with Crippen molar-refractivity contribution >= 4 is 11.8 Å². The number of rotatable bonds is 8. The van der Waals surface area contributed by atoms with Crippen LogP contribution in [0.25, 0.3) is 0 Å². The summed E-state index contributed by atoms with van der Waals surface area (Å²) in [6.45, 7) is 10.4. The first-order valence-corrected chi connectivity index (χ1v) is 12.7. The summed E-state index contributed by atoms with van der Waals surface area (Å²) in [6.07, 6.45) is 4.01. The monoisotopic (exact) mass is 505 g/mol. The van der Waals surface area contributed by atoms with E-state index < -0.39 is 0 Å². The summed E-state index contributed by atoms with van der Waals surface area (Å²) < 4.78 is 2.36. The lowest BCUT2D eigenvalue weighted by molar-refractivity contribution is -0.697. The molecule has 2 amide bonds. The number of carbonyl (C=O) groups is 2. The number of amides is 2. The molecule has 190 valence electrons. The van der Waals surface area contributed by atoms with Crippen molar-refractivity contribution in [3.05, 3.63) is 98.9 Å². The standard InChI is InChI=1S/C30H35N3O2.ClH/c1-5-22-9-13-24(14-10-22)29(34)31-18-26-20(3)27(28-8-7-17-33(28)21(26)4)19-32-30(35)25-15-11-23(6-2)12-16-25;/h9-16H,5-8,17-19H2,1-4H3,(H-,31,32,34,35);1H. The molecule has 2 aromatic carbocycles. The maximum absolute atomic E-state index is 12.8. The number of nitrogens with zero attached hydrogens (tertiary/aromatic N) is 1. The van der Waals surface area contributed by atoms with Gasteiger partial charge in [-0.15, -0.1) is 0 Å².